The summed E-state index contributed by atoms with van der Waals surface area (Å²) in [5.74, 6) is 0.916. The highest BCUT2D eigenvalue weighted by molar-refractivity contribution is 14.0. The van der Waals surface area contributed by atoms with Crippen molar-refractivity contribution in [2.24, 2.45) is 10.7 Å². The molecule has 0 bridgehead atoms. The first-order chi connectivity index (χ1) is 11.3. The third-order valence-corrected chi connectivity index (χ3v) is 4.60. The lowest BCUT2D eigenvalue weighted by Gasteiger charge is -2.36. The van der Waals surface area contributed by atoms with Crippen LogP contribution in [0.3, 0.4) is 0 Å². The van der Waals surface area contributed by atoms with Gasteiger partial charge in [-0.25, -0.2) is 4.79 Å². The summed E-state index contributed by atoms with van der Waals surface area (Å²) >= 11 is 1.70. The Hall–Kier alpha value is -1.03. The highest BCUT2D eigenvalue weighted by Crippen LogP contribution is 2.18. The molecular weight excluding hydrogens is 451 g/mol. The van der Waals surface area contributed by atoms with Gasteiger partial charge >= 0.3 is 6.09 Å². The van der Waals surface area contributed by atoms with Crippen molar-refractivity contribution in [3.63, 3.8) is 0 Å². The fourth-order valence-electron chi connectivity index (χ4n) is 2.44. The number of amides is 1. The SMILES string of the molecule is CC(CN=C(N)N1CCN(C(=O)OC(C)(C)C)CC1)c1ccsc1.I. The van der Waals surface area contributed by atoms with Crippen LogP contribution in [-0.2, 0) is 4.74 Å². The number of carbonyl (C=O) groups excluding carboxylic acids is 1. The number of carbonyl (C=O) groups is 1. The number of rotatable bonds is 3. The lowest BCUT2D eigenvalue weighted by Crippen LogP contribution is -2.53. The Morgan fingerprint density at radius 2 is 1.92 bits per heavy atom. The van der Waals surface area contributed by atoms with Gasteiger partial charge in [0, 0.05) is 38.6 Å². The number of thiophene rings is 1. The number of nitrogens with two attached hydrogens (primary N) is 1. The zero-order chi connectivity index (χ0) is 17.7. The number of piperazine rings is 1. The predicted octanol–water partition coefficient (Wildman–Crippen LogP) is 3.34. The van der Waals surface area contributed by atoms with Crippen molar-refractivity contribution in [2.45, 2.75) is 39.2 Å². The molecule has 25 heavy (non-hydrogen) atoms. The van der Waals surface area contributed by atoms with E-state index in [0.29, 0.717) is 44.6 Å². The molecule has 0 spiro atoms. The zero-order valence-corrected chi connectivity index (χ0v) is 18.5. The fraction of sp³-hybridized carbons (Fsp3) is 0.647. The van der Waals surface area contributed by atoms with Crippen LogP contribution in [0.2, 0.25) is 0 Å². The van der Waals surface area contributed by atoms with Crippen LogP contribution < -0.4 is 5.73 Å². The molecule has 8 heteroatoms. The molecule has 0 aliphatic carbocycles. The molecule has 2 heterocycles. The van der Waals surface area contributed by atoms with Crippen molar-refractivity contribution in [2.75, 3.05) is 32.7 Å². The van der Waals surface area contributed by atoms with E-state index < -0.39 is 5.60 Å². The quantitative estimate of drug-likeness (QED) is 0.409. The summed E-state index contributed by atoms with van der Waals surface area (Å²) in [6.45, 7) is 11.0. The standard InChI is InChI=1S/C17H28N4O2S.HI/c1-13(14-5-10-24-12-14)11-19-15(18)20-6-8-21(9-7-20)16(22)23-17(2,3)4;/h5,10,12-13H,6-9,11H2,1-4H3,(H2,18,19);1H. The molecule has 1 amide bonds. The zero-order valence-electron chi connectivity index (χ0n) is 15.4. The number of hydrogen-bond acceptors (Lipinski definition) is 4. The molecule has 1 unspecified atom stereocenters. The van der Waals surface area contributed by atoms with Gasteiger partial charge in [0.2, 0.25) is 0 Å². The van der Waals surface area contributed by atoms with Gasteiger partial charge in [0.15, 0.2) is 5.96 Å². The fourth-order valence-corrected chi connectivity index (χ4v) is 3.22. The van der Waals surface area contributed by atoms with E-state index in [1.54, 1.807) is 16.2 Å². The van der Waals surface area contributed by atoms with E-state index in [-0.39, 0.29) is 30.1 Å². The summed E-state index contributed by atoms with van der Waals surface area (Å²) in [6.07, 6.45) is -0.260. The van der Waals surface area contributed by atoms with Crippen molar-refractivity contribution in [1.29, 1.82) is 0 Å². The van der Waals surface area contributed by atoms with Crippen LogP contribution in [0, 0.1) is 0 Å². The van der Waals surface area contributed by atoms with Gasteiger partial charge in [0.25, 0.3) is 0 Å². The number of ether oxygens (including phenoxy) is 1. The Morgan fingerprint density at radius 3 is 2.44 bits per heavy atom. The number of nitrogens with zero attached hydrogens (tertiary/aromatic N) is 3. The van der Waals surface area contributed by atoms with Crippen LogP contribution >= 0.6 is 35.3 Å². The van der Waals surface area contributed by atoms with E-state index >= 15 is 0 Å². The average Bonchev–Trinajstić information content (AvgIpc) is 3.05. The van der Waals surface area contributed by atoms with Crippen molar-refractivity contribution < 1.29 is 9.53 Å². The minimum absolute atomic E-state index is 0. The number of guanidine groups is 1. The minimum Gasteiger partial charge on any atom is -0.444 e. The smallest absolute Gasteiger partial charge is 0.410 e. The predicted molar refractivity (Wildman–Crippen MR) is 114 cm³/mol. The average molecular weight is 480 g/mol. The largest absolute Gasteiger partial charge is 0.444 e. The lowest BCUT2D eigenvalue weighted by atomic mass is 10.1. The second kappa shape index (κ2) is 9.61. The maximum absolute atomic E-state index is 12.1. The van der Waals surface area contributed by atoms with E-state index in [2.05, 4.69) is 28.7 Å². The summed E-state index contributed by atoms with van der Waals surface area (Å²) in [6, 6.07) is 2.13. The highest BCUT2D eigenvalue weighted by atomic mass is 127. The Morgan fingerprint density at radius 1 is 1.32 bits per heavy atom. The maximum Gasteiger partial charge on any atom is 0.410 e. The number of aliphatic imine (C=N–C) groups is 1. The van der Waals surface area contributed by atoms with E-state index in [1.165, 1.54) is 5.56 Å². The first kappa shape index (κ1) is 22.0. The topological polar surface area (TPSA) is 71.2 Å². The van der Waals surface area contributed by atoms with Crippen molar-refractivity contribution in [1.82, 2.24) is 9.80 Å². The summed E-state index contributed by atoms with van der Waals surface area (Å²) in [4.78, 5) is 20.3. The summed E-state index contributed by atoms with van der Waals surface area (Å²) in [7, 11) is 0. The Kier molecular flexibility index (Phi) is 8.46. The van der Waals surface area contributed by atoms with Gasteiger partial charge in [-0.2, -0.15) is 11.3 Å². The van der Waals surface area contributed by atoms with Crippen LogP contribution in [0.15, 0.2) is 21.8 Å². The molecule has 1 aliphatic rings. The minimum atomic E-state index is -0.466. The molecule has 0 radical (unpaired) electrons. The molecule has 0 aromatic carbocycles. The van der Waals surface area contributed by atoms with Gasteiger partial charge in [0.05, 0.1) is 0 Å². The second-order valence-corrected chi connectivity index (χ2v) is 7.89. The van der Waals surface area contributed by atoms with E-state index in [4.69, 9.17) is 10.5 Å². The van der Waals surface area contributed by atoms with Gasteiger partial charge in [-0.3, -0.25) is 4.99 Å². The van der Waals surface area contributed by atoms with Crippen LogP contribution in [0.1, 0.15) is 39.2 Å². The summed E-state index contributed by atoms with van der Waals surface area (Å²) in [5.41, 5.74) is 6.95. The third-order valence-electron chi connectivity index (χ3n) is 3.89. The summed E-state index contributed by atoms with van der Waals surface area (Å²) < 4.78 is 5.40. The molecule has 1 aliphatic heterocycles. The molecule has 1 fully saturated rings. The maximum atomic E-state index is 12.1. The van der Waals surface area contributed by atoms with E-state index in [9.17, 15) is 4.79 Å². The van der Waals surface area contributed by atoms with Crippen LogP contribution in [0.4, 0.5) is 4.79 Å². The molecule has 1 aromatic rings. The highest BCUT2D eigenvalue weighted by Gasteiger charge is 2.26. The monoisotopic (exact) mass is 480 g/mol. The number of hydrogen-bond donors (Lipinski definition) is 1. The van der Waals surface area contributed by atoms with Gasteiger partial charge < -0.3 is 20.3 Å². The molecule has 1 aromatic heterocycles. The summed E-state index contributed by atoms with van der Waals surface area (Å²) in [5, 5.41) is 4.23. The van der Waals surface area contributed by atoms with Gasteiger partial charge in [-0.1, -0.05) is 6.92 Å². The van der Waals surface area contributed by atoms with Crippen LogP contribution in [0.5, 0.6) is 0 Å². The van der Waals surface area contributed by atoms with Crippen LogP contribution in [0.25, 0.3) is 0 Å². The molecule has 1 atom stereocenters. The molecular formula is C17H29IN4O2S. The van der Waals surface area contributed by atoms with Crippen molar-refractivity contribution in [3.8, 4) is 0 Å². The first-order valence-electron chi connectivity index (χ1n) is 8.31. The Balaban J connectivity index is 0.00000312. The number of halogens is 1. The van der Waals surface area contributed by atoms with Gasteiger partial charge in [-0.15, -0.1) is 24.0 Å². The Bertz CT molecular complexity index is 564. The first-order valence-corrected chi connectivity index (χ1v) is 9.25. The van der Waals surface area contributed by atoms with Crippen molar-refractivity contribution >= 4 is 47.4 Å². The van der Waals surface area contributed by atoms with Gasteiger partial charge in [-0.05, 0) is 43.2 Å². The van der Waals surface area contributed by atoms with E-state index in [0.717, 1.165) is 0 Å². The van der Waals surface area contributed by atoms with Crippen LogP contribution in [-0.4, -0.2) is 60.2 Å². The molecule has 6 nitrogen and oxygen atoms in total. The third kappa shape index (κ3) is 7.01. The molecule has 1 saturated heterocycles. The lowest BCUT2D eigenvalue weighted by molar-refractivity contribution is 0.0186. The second-order valence-electron chi connectivity index (χ2n) is 7.11. The molecule has 0 saturated carbocycles. The van der Waals surface area contributed by atoms with Crippen molar-refractivity contribution in [3.05, 3.63) is 22.4 Å². The normalized spacial score (nSPS) is 17.0. The van der Waals surface area contributed by atoms with E-state index in [1.807, 2.05) is 25.7 Å². The Labute approximate surface area is 171 Å². The molecule has 2 rings (SSSR count). The van der Waals surface area contributed by atoms with Gasteiger partial charge in [0.1, 0.15) is 5.60 Å². The molecule has 2 N–H and O–H groups in total. The molecule has 142 valence electrons.